The summed E-state index contributed by atoms with van der Waals surface area (Å²) in [5.41, 5.74) is 5.17. The van der Waals surface area contributed by atoms with Crippen LogP contribution in [-0.2, 0) is 4.79 Å². The lowest BCUT2D eigenvalue weighted by molar-refractivity contribution is -0.124. The Bertz CT molecular complexity index is 1320. The van der Waals surface area contributed by atoms with Crippen LogP contribution in [0.25, 0.3) is 33.6 Å². The van der Waals surface area contributed by atoms with Gasteiger partial charge in [-0.3, -0.25) is 10.0 Å². The minimum Gasteiger partial charge on any atom is -0.352 e. The number of pyridine rings is 1. The average Bonchev–Trinajstić information content (AvgIpc) is 3.29. The summed E-state index contributed by atoms with van der Waals surface area (Å²) in [6.45, 7) is 3.77. The first-order valence-electron chi connectivity index (χ1n) is 10.6. The largest absolute Gasteiger partial charge is 0.352 e. The van der Waals surface area contributed by atoms with E-state index in [0.717, 1.165) is 65.1 Å². The Morgan fingerprint density at radius 1 is 1.03 bits per heavy atom. The van der Waals surface area contributed by atoms with Gasteiger partial charge in [-0.1, -0.05) is 24.3 Å². The van der Waals surface area contributed by atoms with Crippen molar-refractivity contribution in [1.29, 1.82) is 0 Å². The molecule has 2 aromatic carbocycles. The predicted octanol–water partition coefficient (Wildman–Crippen LogP) is 3.69. The highest BCUT2D eigenvalue weighted by Crippen LogP contribution is 2.32. The van der Waals surface area contributed by atoms with Crippen LogP contribution in [0, 0.1) is 0 Å². The van der Waals surface area contributed by atoms with E-state index in [4.69, 9.17) is 15.3 Å². The molecule has 3 heterocycles. The molecule has 0 spiro atoms. The summed E-state index contributed by atoms with van der Waals surface area (Å²) in [6.07, 6.45) is 4.99. The summed E-state index contributed by atoms with van der Waals surface area (Å²) < 4.78 is 1.90. The second-order valence-electron chi connectivity index (χ2n) is 7.98. The molecule has 0 unspecified atom stereocenters. The van der Waals surface area contributed by atoms with Gasteiger partial charge in [0.2, 0.25) is 0 Å². The van der Waals surface area contributed by atoms with Crippen molar-refractivity contribution in [3.05, 3.63) is 66.4 Å². The molecule has 0 saturated carbocycles. The van der Waals surface area contributed by atoms with E-state index in [1.165, 1.54) is 6.08 Å². The van der Waals surface area contributed by atoms with Crippen LogP contribution in [0.3, 0.4) is 0 Å². The Morgan fingerprint density at radius 3 is 2.47 bits per heavy atom. The topological polar surface area (TPSA) is 86.5 Å². The summed E-state index contributed by atoms with van der Waals surface area (Å²) in [5, 5.41) is 15.6. The fourth-order valence-electron chi connectivity index (χ4n) is 4.03. The molecule has 2 aromatic heterocycles. The van der Waals surface area contributed by atoms with E-state index in [0.29, 0.717) is 0 Å². The fraction of sp³-hybridized carbons (Fsp3) is 0.208. The number of likely N-dealkylation sites (N-methyl/N-ethyl adjacent to an activating group) is 1. The second kappa shape index (κ2) is 10.8. The minimum absolute atomic E-state index is 0. The van der Waals surface area contributed by atoms with Crippen LogP contribution in [0.15, 0.2) is 60.8 Å². The number of hydroxylamine groups is 1. The van der Waals surface area contributed by atoms with Crippen molar-refractivity contribution in [2.45, 2.75) is 0 Å². The zero-order valence-corrected chi connectivity index (χ0v) is 20.2. The molecule has 4 aromatic rings. The molecule has 34 heavy (non-hydrogen) atoms. The number of carbonyl (C=O) groups is 1. The predicted molar refractivity (Wildman–Crippen MR) is 140 cm³/mol. The van der Waals surface area contributed by atoms with E-state index in [-0.39, 0.29) is 24.8 Å². The van der Waals surface area contributed by atoms with Gasteiger partial charge < -0.3 is 9.80 Å². The van der Waals surface area contributed by atoms with E-state index in [2.05, 4.69) is 16.8 Å². The van der Waals surface area contributed by atoms with Crippen molar-refractivity contribution in [3.8, 4) is 5.69 Å². The third-order valence-corrected chi connectivity index (χ3v) is 5.82. The lowest BCUT2D eigenvalue weighted by Gasteiger charge is -2.33. The number of benzene rings is 2. The van der Waals surface area contributed by atoms with E-state index in [1.807, 2.05) is 59.4 Å². The standard InChI is InChI=1S/C24H24N6O2.2ClH/c1-28-11-13-29(14-12-28)24-23-20(16-30(26-23)18-5-3-2-4-6-18)19-15-17(7-9-21(19)25-24)8-10-22(31)27-32;;/h2-10,15-16,32H,11-14H2,1H3,(H,27,31);2*1H/b10-8+;;. The highest BCUT2D eigenvalue weighted by molar-refractivity contribution is 6.09. The van der Waals surface area contributed by atoms with Gasteiger partial charge in [-0.05, 0) is 43.0 Å². The third kappa shape index (κ3) is 5.00. The Kier molecular flexibility index (Phi) is 8.11. The summed E-state index contributed by atoms with van der Waals surface area (Å²) in [7, 11) is 2.14. The Balaban J connectivity index is 0.00000162. The lowest BCUT2D eigenvalue weighted by Crippen LogP contribution is -2.44. The van der Waals surface area contributed by atoms with Crippen molar-refractivity contribution >= 4 is 64.4 Å². The molecule has 8 nitrogen and oxygen atoms in total. The normalized spacial score (nSPS) is 14.2. The van der Waals surface area contributed by atoms with Gasteiger partial charge in [-0.25, -0.2) is 15.1 Å². The average molecular weight is 501 g/mol. The van der Waals surface area contributed by atoms with Gasteiger partial charge in [-0.15, -0.1) is 24.8 Å². The SMILES string of the molecule is CN1CCN(c2nc3ccc(/C=C/C(=O)NO)cc3c3cn(-c4ccccc4)nc23)CC1.Cl.Cl. The number of hydrogen-bond donors (Lipinski definition) is 2. The number of aromatic nitrogens is 3. The van der Waals surface area contributed by atoms with Crippen molar-refractivity contribution in [2.24, 2.45) is 0 Å². The number of halogens is 2. The molecule has 1 aliphatic heterocycles. The maximum Gasteiger partial charge on any atom is 0.267 e. The number of fused-ring (bicyclic) bond motifs is 3. The maximum absolute atomic E-state index is 11.4. The van der Waals surface area contributed by atoms with Crippen LogP contribution < -0.4 is 10.4 Å². The number of rotatable bonds is 4. The summed E-state index contributed by atoms with van der Waals surface area (Å²) in [5.74, 6) is 0.328. The van der Waals surface area contributed by atoms with Crippen LogP contribution >= 0.6 is 24.8 Å². The monoisotopic (exact) mass is 500 g/mol. The second-order valence-corrected chi connectivity index (χ2v) is 7.98. The van der Waals surface area contributed by atoms with Crippen LogP contribution in [0.2, 0.25) is 0 Å². The van der Waals surface area contributed by atoms with E-state index < -0.39 is 5.91 Å². The van der Waals surface area contributed by atoms with Crippen molar-refractivity contribution in [3.63, 3.8) is 0 Å². The molecule has 0 bridgehead atoms. The molecule has 1 aliphatic rings. The van der Waals surface area contributed by atoms with Gasteiger partial charge in [-0.2, -0.15) is 5.10 Å². The highest BCUT2D eigenvalue weighted by atomic mass is 35.5. The first-order valence-corrected chi connectivity index (χ1v) is 10.6. The van der Waals surface area contributed by atoms with Crippen LogP contribution in [-0.4, -0.2) is 64.0 Å². The Hall–Kier alpha value is -3.17. The molecule has 0 aliphatic carbocycles. The summed E-state index contributed by atoms with van der Waals surface area (Å²) >= 11 is 0. The quantitative estimate of drug-likeness (QED) is 0.252. The third-order valence-electron chi connectivity index (χ3n) is 5.82. The molecule has 1 fully saturated rings. The van der Waals surface area contributed by atoms with Crippen LogP contribution in [0.4, 0.5) is 5.82 Å². The van der Waals surface area contributed by atoms with Gasteiger partial charge in [0.1, 0.15) is 5.52 Å². The first kappa shape index (κ1) is 25.5. The van der Waals surface area contributed by atoms with Crippen molar-refractivity contribution in [2.75, 3.05) is 38.1 Å². The van der Waals surface area contributed by atoms with Crippen LogP contribution in [0.5, 0.6) is 0 Å². The fourth-order valence-corrected chi connectivity index (χ4v) is 4.03. The minimum atomic E-state index is -0.573. The van der Waals surface area contributed by atoms with E-state index in [9.17, 15) is 4.79 Å². The molecule has 0 atom stereocenters. The maximum atomic E-state index is 11.4. The van der Waals surface area contributed by atoms with E-state index >= 15 is 0 Å². The number of nitrogens with zero attached hydrogens (tertiary/aromatic N) is 5. The highest BCUT2D eigenvalue weighted by Gasteiger charge is 2.21. The number of anilines is 1. The zero-order valence-electron chi connectivity index (χ0n) is 18.6. The molecule has 1 saturated heterocycles. The van der Waals surface area contributed by atoms with Gasteiger partial charge in [0.05, 0.1) is 11.2 Å². The van der Waals surface area contributed by atoms with Crippen molar-refractivity contribution < 1.29 is 10.0 Å². The molecular weight excluding hydrogens is 475 g/mol. The summed E-state index contributed by atoms with van der Waals surface area (Å²) in [6, 6.07) is 15.9. The zero-order chi connectivity index (χ0) is 22.1. The molecule has 1 amide bonds. The number of nitrogens with one attached hydrogen (secondary N) is 1. The van der Waals surface area contributed by atoms with Gasteiger partial charge in [0, 0.05) is 49.2 Å². The van der Waals surface area contributed by atoms with E-state index in [1.54, 1.807) is 11.6 Å². The molecule has 178 valence electrons. The van der Waals surface area contributed by atoms with Gasteiger partial charge in [0.25, 0.3) is 5.91 Å². The Labute approximate surface area is 209 Å². The van der Waals surface area contributed by atoms with Crippen molar-refractivity contribution in [1.82, 2.24) is 25.1 Å². The summed E-state index contributed by atoms with van der Waals surface area (Å²) in [4.78, 5) is 21.0. The Morgan fingerprint density at radius 2 is 1.76 bits per heavy atom. The number of hydrogen-bond acceptors (Lipinski definition) is 6. The molecular formula is C24H26Cl2N6O2. The smallest absolute Gasteiger partial charge is 0.267 e. The first-order chi connectivity index (χ1) is 15.6. The number of piperazine rings is 1. The lowest BCUT2D eigenvalue weighted by atomic mass is 10.1. The number of para-hydroxylation sites is 1. The van der Waals surface area contributed by atoms with Gasteiger partial charge >= 0.3 is 0 Å². The number of carbonyl (C=O) groups excluding carboxylic acids is 1. The number of amides is 1. The molecule has 5 rings (SSSR count). The molecule has 2 N–H and O–H groups in total. The van der Waals surface area contributed by atoms with Gasteiger partial charge in [0.15, 0.2) is 5.82 Å². The van der Waals surface area contributed by atoms with Crippen LogP contribution in [0.1, 0.15) is 5.56 Å². The molecule has 10 heteroatoms. The molecule has 0 radical (unpaired) electrons.